The number of hydrogen-bond acceptors (Lipinski definition) is 3. The zero-order valence-electron chi connectivity index (χ0n) is 10.6. The molecule has 0 fully saturated rings. The van der Waals surface area contributed by atoms with Gasteiger partial charge in [0.15, 0.2) is 11.6 Å². The number of hydrogen-bond donors (Lipinski definition) is 3. The molecule has 0 aliphatic heterocycles. The van der Waals surface area contributed by atoms with Gasteiger partial charge in [-0.2, -0.15) is 0 Å². The van der Waals surface area contributed by atoms with Crippen LogP contribution in [0.15, 0.2) is 12.1 Å². The van der Waals surface area contributed by atoms with E-state index in [1.54, 1.807) is 13.8 Å². The topological polar surface area (TPSA) is 67.2 Å². The molecule has 0 saturated carbocycles. The Morgan fingerprint density at radius 3 is 2.17 bits per heavy atom. The van der Waals surface area contributed by atoms with Crippen molar-refractivity contribution in [3.8, 4) is 0 Å². The average molecular weight is 257 g/mol. The lowest BCUT2D eigenvalue weighted by Crippen LogP contribution is -2.41. The number of carbonyl (C=O) groups excluding carboxylic acids is 1. The third-order valence-electron chi connectivity index (χ3n) is 2.25. The van der Waals surface area contributed by atoms with Gasteiger partial charge in [0.25, 0.3) is 0 Å². The Balaban J connectivity index is 2.82. The molecule has 0 radical (unpaired) electrons. The summed E-state index contributed by atoms with van der Waals surface area (Å²) in [5, 5.41) is 5.14. The molecule has 0 aliphatic rings. The molecule has 1 aromatic carbocycles. The molecule has 4 nitrogen and oxygen atoms in total. The summed E-state index contributed by atoms with van der Waals surface area (Å²) >= 11 is 0. The van der Waals surface area contributed by atoms with Crippen molar-refractivity contribution in [1.29, 1.82) is 0 Å². The van der Waals surface area contributed by atoms with E-state index in [4.69, 9.17) is 5.73 Å². The van der Waals surface area contributed by atoms with Gasteiger partial charge in [-0.05, 0) is 32.9 Å². The lowest BCUT2D eigenvalue weighted by Gasteiger charge is -2.18. The van der Waals surface area contributed by atoms with Crippen LogP contribution in [0.4, 0.5) is 20.2 Å². The summed E-state index contributed by atoms with van der Waals surface area (Å²) < 4.78 is 27.0. The first-order chi connectivity index (χ1) is 8.31. The maximum atomic E-state index is 13.5. The zero-order chi connectivity index (χ0) is 13.9. The molecule has 1 amide bonds. The zero-order valence-corrected chi connectivity index (χ0v) is 10.6. The first-order valence-electron chi connectivity index (χ1n) is 5.62. The minimum Gasteiger partial charge on any atom is -0.399 e. The number of anilines is 2. The third-order valence-corrected chi connectivity index (χ3v) is 2.25. The van der Waals surface area contributed by atoms with E-state index in [0.29, 0.717) is 0 Å². The van der Waals surface area contributed by atoms with Crippen LogP contribution in [-0.2, 0) is 4.79 Å². The lowest BCUT2D eigenvalue weighted by molar-refractivity contribution is -0.122. The Kier molecular flexibility index (Phi) is 4.47. The van der Waals surface area contributed by atoms with Crippen molar-refractivity contribution in [3.05, 3.63) is 23.8 Å². The molecule has 18 heavy (non-hydrogen) atoms. The second-order valence-corrected chi connectivity index (χ2v) is 4.39. The summed E-state index contributed by atoms with van der Waals surface area (Å²) in [7, 11) is 0. The molecule has 1 rings (SSSR count). The molecule has 0 bridgehead atoms. The van der Waals surface area contributed by atoms with Crippen LogP contribution in [0.1, 0.15) is 20.8 Å². The molecule has 0 saturated heterocycles. The van der Waals surface area contributed by atoms with E-state index >= 15 is 0 Å². The quantitative estimate of drug-likeness (QED) is 0.721. The van der Waals surface area contributed by atoms with E-state index in [-0.39, 0.29) is 23.3 Å². The van der Waals surface area contributed by atoms with E-state index in [2.05, 4.69) is 10.6 Å². The van der Waals surface area contributed by atoms with Crippen LogP contribution in [0.3, 0.4) is 0 Å². The van der Waals surface area contributed by atoms with E-state index in [0.717, 1.165) is 12.1 Å². The molecule has 4 N–H and O–H groups in total. The number of nitrogens with one attached hydrogen (secondary N) is 2. The van der Waals surface area contributed by atoms with Crippen LogP contribution >= 0.6 is 0 Å². The Morgan fingerprint density at radius 2 is 1.72 bits per heavy atom. The first kappa shape index (κ1) is 14.2. The van der Waals surface area contributed by atoms with Crippen LogP contribution in [0.25, 0.3) is 0 Å². The van der Waals surface area contributed by atoms with Gasteiger partial charge in [0.1, 0.15) is 11.7 Å². The highest BCUT2D eigenvalue weighted by molar-refractivity contribution is 5.84. The Bertz CT molecular complexity index is 426. The monoisotopic (exact) mass is 257 g/mol. The minimum atomic E-state index is -0.823. The van der Waals surface area contributed by atoms with E-state index in [9.17, 15) is 13.6 Å². The average Bonchev–Trinajstić information content (AvgIpc) is 2.21. The summed E-state index contributed by atoms with van der Waals surface area (Å²) in [5.41, 5.74) is 4.94. The predicted molar refractivity (Wildman–Crippen MR) is 67.1 cm³/mol. The van der Waals surface area contributed by atoms with Crippen LogP contribution in [0.5, 0.6) is 0 Å². The molecule has 6 heteroatoms. The van der Waals surface area contributed by atoms with E-state index < -0.39 is 17.7 Å². The standard InChI is InChI=1S/C12H17F2N3O/c1-6(2)16-12(18)7(3)17-11-9(13)4-8(15)5-10(11)14/h4-7,17H,15H2,1-3H3,(H,16,18). The molecule has 0 aromatic heterocycles. The number of nitrogens with two attached hydrogens (primary N) is 1. The van der Waals surface area contributed by atoms with Gasteiger partial charge in [0, 0.05) is 11.7 Å². The van der Waals surface area contributed by atoms with Gasteiger partial charge in [-0.1, -0.05) is 0 Å². The summed E-state index contributed by atoms with van der Waals surface area (Å²) in [5.74, 6) is -1.98. The Labute approximate surface area is 105 Å². The first-order valence-corrected chi connectivity index (χ1v) is 5.62. The van der Waals surface area contributed by atoms with Gasteiger partial charge in [-0.25, -0.2) is 8.78 Å². The summed E-state index contributed by atoms with van der Waals surface area (Å²) in [6.07, 6.45) is 0. The maximum absolute atomic E-state index is 13.5. The van der Waals surface area contributed by atoms with Gasteiger partial charge in [-0.15, -0.1) is 0 Å². The number of rotatable bonds is 4. The largest absolute Gasteiger partial charge is 0.399 e. The summed E-state index contributed by atoms with van der Waals surface area (Å²) in [6, 6.07) is 1.21. The fraction of sp³-hybridized carbons (Fsp3) is 0.417. The second kappa shape index (κ2) is 5.66. The summed E-state index contributed by atoms with van der Waals surface area (Å²) in [4.78, 5) is 11.6. The predicted octanol–water partition coefficient (Wildman–Crippen LogP) is 1.87. The highest BCUT2D eigenvalue weighted by Gasteiger charge is 2.18. The SMILES string of the molecule is CC(C)NC(=O)C(C)Nc1c(F)cc(N)cc1F. The van der Waals surface area contributed by atoms with Gasteiger partial charge in [0.2, 0.25) is 5.91 Å². The highest BCUT2D eigenvalue weighted by Crippen LogP contribution is 2.22. The molecule has 1 atom stereocenters. The van der Waals surface area contributed by atoms with Crippen LogP contribution in [0.2, 0.25) is 0 Å². The van der Waals surface area contributed by atoms with Crippen LogP contribution in [0, 0.1) is 11.6 Å². The number of amides is 1. The van der Waals surface area contributed by atoms with Crippen LogP contribution in [-0.4, -0.2) is 18.0 Å². The number of carbonyl (C=O) groups is 1. The molecule has 0 aliphatic carbocycles. The fourth-order valence-corrected chi connectivity index (χ4v) is 1.42. The Hall–Kier alpha value is -1.85. The van der Waals surface area contributed by atoms with Crippen molar-refractivity contribution >= 4 is 17.3 Å². The minimum absolute atomic E-state index is 0.00478. The van der Waals surface area contributed by atoms with Crippen molar-refractivity contribution in [2.45, 2.75) is 32.9 Å². The molecule has 1 aromatic rings. The van der Waals surface area contributed by atoms with E-state index in [1.165, 1.54) is 6.92 Å². The number of nitrogen functional groups attached to an aromatic ring is 1. The van der Waals surface area contributed by atoms with Crippen molar-refractivity contribution in [2.24, 2.45) is 0 Å². The van der Waals surface area contributed by atoms with Gasteiger partial charge < -0.3 is 16.4 Å². The molecular formula is C12H17F2N3O. The third kappa shape index (κ3) is 3.58. The van der Waals surface area contributed by atoms with Gasteiger partial charge >= 0.3 is 0 Å². The number of benzene rings is 1. The van der Waals surface area contributed by atoms with E-state index in [1.807, 2.05) is 0 Å². The second-order valence-electron chi connectivity index (χ2n) is 4.39. The molecule has 0 spiro atoms. The van der Waals surface area contributed by atoms with Gasteiger partial charge in [-0.3, -0.25) is 4.79 Å². The molecule has 0 heterocycles. The van der Waals surface area contributed by atoms with Crippen molar-refractivity contribution in [3.63, 3.8) is 0 Å². The molecule has 1 unspecified atom stereocenters. The fourth-order valence-electron chi connectivity index (χ4n) is 1.42. The highest BCUT2D eigenvalue weighted by atomic mass is 19.1. The smallest absolute Gasteiger partial charge is 0.242 e. The van der Waals surface area contributed by atoms with Crippen molar-refractivity contribution < 1.29 is 13.6 Å². The van der Waals surface area contributed by atoms with Crippen LogP contribution < -0.4 is 16.4 Å². The number of halogens is 2. The maximum Gasteiger partial charge on any atom is 0.242 e. The normalized spacial score (nSPS) is 12.3. The molecule has 100 valence electrons. The molecular weight excluding hydrogens is 240 g/mol. The lowest BCUT2D eigenvalue weighted by atomic mass is 10.2. The van der Waals surface area contributed by atoms with Crippen molar-refractivity contribution in [1.82, 2.24) is 5.32 Å². The Morgan fingerprint density at radius 1 is 1.22 bits per heavy atom. The summed E-state index contributed by atoms with van der Waals surface area (Å²) in [6.45, 7) is 5.12. The van der Waals surface area contributed by atoms with Gasteiger partial charge in [0.05, 0.1) is 0 Å². The van der Waals surface area contributed by atoms with Crippen molar-refractivity contribution in [2.75, 3.05) is 11.1 Å².